The van der Waals surface area contributed by atoms with Crippen molar-refractivity contribution in [2.45, 2.75) is 20.8 Å². The molecule has 0 radical (unpaired) electrons. The van der Waals surface area contributed by atoms with Gasteiger partial charge in [-0.25, -0.2) is 9.67 Å². The van der Waals surface area contributed by atoms with Gasteiger partial charge in [0, 0.05) is 5.41 Å². The highest BCUT2D eigenvalue weighted by atomic mass is 32.2. The third-order valence-electron chi connectivity index (χ3n) is 3.72. The number of allylic oxidation sites excluding steroid dienone is 1. The van der Waals surface area contributed by atoms with Crippen LogP contribution in [0.15, 0.2) is 42.6 Å². The van der Waals surface area contributed by atoms with Crippen LogP contribution in [0, 0.1) is 5.41 Å². The average Bonchev–Trinajstić information content (AvgIpc) is 3.22. The summed E-state index contributed by atoms with van der Waals surface area (Å²) in [5.41, 5.74) is 1.28. The average molecular weight is 344 g/mol. The van der Waals surface area contributed by atoms with Gasteiger partial charge in [-0.1, -0.05) is 44.7 Å². The lowest BCUT2D eigenvalue weighted by Gasteiger charge is -2.30. The predicted octanol–water partition coefficient (Wildman–Crippen LogP) is 3.31. The van der Waals surface area contributed by atoms with Gasteiger partial charge in [0.1, 0.15) is 23.4 Å². The molecule has 0 fully saturated rings. The van der Waals surface area contributed by atoms with Gasteiger partial charge in [0.15, 0.2) is 0 Å². The van der Waals surface area contributed by atoms with Gasteiger partial charge in [0.05, 0.1) is 24.2 Å². The third kappa shape index (κ3) is 2.91. The van der Waals surface area contributed by atoms with Crippen molar-refractivity contribution in [3.63, 3.8) is 0 Å². The minimum Gasteiger partial charge on any atom is -0.496 e. The molecule has 0 N–H and O–H groups in total. The summed E-state index contributed by atoms with van der Waals surface area (Å²) in [6, 6.07) is 7.29. The SMILES string of the molecule is COc1ccccc1C(=O)N1CSC(n2cncn2)=C1C(C)(C)C. The number of methoxy groups -OCH3 is 1. The summed E-state index contributed by atoms with van der Waals surface area (Å²) >= 11 is 1.58. The van der Waals surface area contributed by atoms with Gasteiger partial charge < -0.3 is 4.74 Å². The van der Waals surface area contributed by atoms with E-state index in [1.165, 1.54) is 6.33 Å². The number of hydrogen-bond acceptors (Lipinski definition) is 5. The maximum Gasteiger partial charge on any atom is 0.262 e. The Morgan fingerprint density at radius 1 is 1.29 bits per heavy atom. The van der Waals surface area contributed by atoms with Crippen molar-refractivity contribution in [2.24, 2.45) is 5.41 Å². The number of carbonyl (C=O) groups is 1. The summed E-state index contributed by atoms with van der Waals surface area (Å²) < 4.78 is 7.07. The van der Waals surface area contributed by atoms with Crippen LogP contribution >= 0.6 is 11.8 Å². The second-order valence-corrected chi connectivity index (χ2v) is 7.38. The smallest absolute Gasteiger partial charge is 0.262 e. The van der Waals surface area contributed by atoms with E-state index >= 15 is 0 Å². The van der Waals surface area contributed by atoms with Crippen LogP contribution in [-0.2, 0) is 0 Å². The predicted molar refractivity (Wildman–Crippen MR) is 94.3 cm³/mol. The van der Waals surface area contributed by atoms with Crippen molar-refractivity contribution < 1.29 is 9.53 Å². The monoisotopic (exact) mass is 344 g/mol. The van der Waals surface area contributed by atoms with E-state index in [-0.39, 0.29) is 11.3 Å². The maximum atomic E-state index is 13.2. The molecule has 1 amide bonds. The van der Waals surface area contributed by atoms with Crippen LogP contribution in [0.4, 0.5) is 0 Å². The van der Waals surface area contributed by atoms with Crippen molar-refractivity contribution in [1.82, 2.24) is 19.7 Å². The molecule has 0 spiro atoms. The second kappa shape index (κ2) is 6.32. The van der Waals surface area contributed by atoms with E-state index in [0.717, 1.165) is 10.7 Å². The number of thioether (sulfide) groups is 1. The molecule has 2 heterocycles. The Kier molecular flexibility index (Phi) is 4.36. The first-order valence-electron chi connectivity index (χ1n) is 7.61. The van der Waals surface area contributed by atoms with Crippen LogP contribution in [0.2, 0.25) is 0 Å². The Bertz CT molecular complexity index is 778. The molecule has 2 aromatic rings. The van der Waals surface area contributed by atoms with Crippen LogP contribution in [0.1, 0.15) is 31.1 Å². The number of ether oxygens (including phenoxy) is 1. The van der Waals surface area contributed by atoms with Gasteiger partial charge in [-0.15, -0.1) is 0 Å². The first-order chi connectivity index (χ1) is 11.4. The molecule has 0 unspecified atom stereocenters. The lowest BCUT2D eigenvalue weighted by atomic mass is 9.91. The highest BCUT2D eigenvalue weighted by Crippen LogP contribution is 2.44. The summed E-state index contributed by atoms with van der Waals surface area (Å²) in [5.74, 6) is 1.05. The van der Waals surface area contributed by atoms with Crippen LogP contribution in [0.5, 0.6) is 5.75 Å². The van der Waals surface area contributed by atoms with E-state index in [9.17, 15) is 4.79 Å². The lowest BCUT2D eigenvalue weighted by Crippen LogP contribution is -2.33. The largest absolute Gasteiger partial charge is 0.496 e. The minimum atomic E-state index is -0.220. The molecule has 0 saturated carbocycles. The number of aromatic nitrogens is 3. The molecule has 1 aromatic carbocycles. The fourth-order valence-corrected chi connectivity index (χ4v) is 3.99. The number of nitrogens with zero attached hydrogens (tertiary/aromatic N) is 4. The van der Waals surface area contributed by atoms with Crippen molar-refractivity contribution in [1.29, 1.82) is 0 Å². The number of amides is 1. The van der Waals surface area contributed by atoms with E-state index in [0.29, 0.717) is 17.2 Å². The third-order valence-corrected chi connectivity index (χ3v) is 4.76. The Balaban J connectivity index is 2.06. The van der Waals surface area contributed by atoms with E-state index < -0.39 is 0 Å². The molecule has 1 aromatic heterocycles. The molecule has 1 aliphatic heterocycles. The van der Waals surface area contributed by atoms with Crippen molar-refractivity contribution in [3.8, 4) is 5.75 Å². The fraction of sp³-hybridized carbons (Fsp3) is 0.353. The highest BCUT2D eigenvalue weighted by molar-refractivity contribution is 8.08. The Hall–Kier alpha value is -2.28. The normalized spacial score (nSPS) is 15.1. The van der Waals surface area contributed by atoms with Crippen LogP contribution in [0.25, 0.3) is 5.03 Å². The Morgan fingerprint density at radius 3 is 2.67 bits per heavy atom. The summed E-state index contributed by atoms with van der Waals surface area (Å²) in [7, 11) is 1.58. The number of para-hydroxylation sites is 1. The van der Waals surface area contributed by atoms with Crippen molar-refractivity contribution in [2.75, 3.05) is 13.0 Å². The van der Waals surface area contributed by atoms with E-state index in [1.807, 2.05) is 12.1 Å². The molecular formula is C17H20N4O2S. The molecule has 6 nitrogen and oxygen atoms in total. The molecule has 0 aliphatic carbocycles. The van der Waals surface area contributed by atoms with Gasteiger partial charge in [-0.3, -0.25) is 9.69 Å². The molecule has 126 valence electrons. The zero-order valence-electron chi connectivity index (χ0n) is 14.2. The molecule has 1 aliphatic rings. The summed E-state index contributed by atoms with van der Waals surface area (Å²) in [5, 5.41) is 5.16. The first-order valence-corrected chi connectivity index (χ1v) is 8.59. The van der Waals surface area contributed by atoms with Crippen LogP contribution in [-0.4, -0.2) is 38.6 Å². The molecule has 24 heavy (non-hydrogen) atoms. The lowest BCUT2D eigenvalue weighted by molar-refractivity contribution is 0.0803. The Morgan fingerprint density at radius 2 is 2.04 bits per heavy atom. The minimum absolute atomic E-state index is 0.0695. The second-order valence-electron chi connectivity index (χ2n) is 6.45. The van der Waals surface area contributed by atoms with Gasteiger partial charge in [-0.2, -0.15) is 5.10 Å². The summed E-state index contributed by atoms with van der Waals surface area (Å²) in [4.78, 5) is 19.0. The summed E-state index contributed by atoms with van der Waals surface area (Å²) in [6.07, 6.45) is 3.16. The zero-order valence-corrected chi connectivity index (χ0v) is 15.0. The zero-order chi connectivity index (χ0) is 17.3. The maximum absolute atomic E-state index is 13.2. The first kappa shape index (κ1) is 16.6. The molecular weight excluding hydrogens is 324 g/mol. The van der Waals surface area contributed by atoms with Crippen molar-refractivity contribution >= 4 is 22.7 Å². The van der Waals surface area contributed by atoms with Gasteiger partial charge in [0.25, 0.3) is 5.91 Å². The van der Waals surface area contributed by atoms with Crippen LogP contribution in [0.3, 0.4) is 0 Å². The molecule has 0 atom stereocenters. The summed E-state index contributed by atoms with van der Waals surface area (Å²) in [6.45, 7) is 6.27. The van der Waals surface area contributed by atoms with Crippen LogP contribution < -0.4 is 4.74 Å². The molecule has 7 heteroatoms. The topological polar surface area (TPSA) is 60.2 Å². The number of benzene rings is 1. The highest BCUT2D eigenvalue weighted by Gasteiger charge is 2.37. The van der Waals surface area contributed by atoms with Gasteiger partial charge in [-0.05, 0) is 12.1 Å². The number of rotatable bonds is 3. The van der Waals surface area contributed by atoms with Gasteiger partial charge >= 0.3 is 0 Å². The van der Waals surface area contributed by atoms with E-state index in [2.05, 4.69) is 30.9 Å². The molecule has 0 bridgehead atoms. The molecule has 3 rings (SSSR count). The van der Waals surface area contributed by atoms with Gasteiger partial charge in [0.2, 0.25) is 0 Å². The molecule has 0 saturated heterocycles. The van der Waals surface area contributed by atoms with E-state index in [4.69, 9.17) is 4.74 Å². The number of carbonyl (C=O) groups excluding carboxylic acids is 1. The van der Waals surface area contributed by atoms with E-state index in [1.54, 1.807) is 46.9 Å². The fourth-order valence-electron chi connectivity index (χ4n) is 2.71. The number of hydrogen-bond donors (Lipinski definition) is 0. The standard InChI is InChI=1S/C17H20N4O2S/c1-17(2,3)14-16(21-10-18-9-19-21)24-11-20(14)15(22)12-7-5-6-8-13(12)23-4/h5-10H,11H2,1-4H3. The Labute approximate surface area is 145 Å². The quantitative estimate of drug-likeness (QED) is 0.855. The van der Waals surface area contributed by atoms with Crippen molar-refractivity contribution in [3.05, 3.63) is 48.2 Å².